The van der Waals surface area contributed by atoms with Crippen molar-refractivity contribution >= 4 is 27.5 Å². The molecule has 1 aliphatic heterocycles. The smallest absolute Gasteiger partial charge is 0.240 e. The van der Waals surface area contributed by atoms with E-state index in [9.17, 15) is 18.0 Å². The first-order valence-electron chi connectivity index (χ1n) is 9.66. The summed E-state index contributed by atoms with van der Waals surface area (Å²) in [5.74, 6) is -0.166. The number of benzene rings is 1. The highest BCUT2D eigenvalue weighted by Gasteiger charge is 2.20. The van der Waals surface area contributed by atoms with Gasteiger partial charge in [0.05, 0.1) is 4.90 Å². The van der Waals surface area contributed by atoms with Gasteiger partial charge in [0.15, 0.2) is 0 Å². The van der Waals surface area contributed by atoms with E-state index in [0.717, 1.165) is 31.2 Å². The molecular formula is C19H27N3O4S. The molecule has 0 unspecified atom stereocenters. The van der Waals surface area contributed by atoms with Gasteiger partial charge in [0.1, 0.15) is 0 Å². The average molecular weight is 394 g/mol. The first-order valence-corrected chi connectivity index (χ1v) is 11.1. The summed E-state index contributed by atoms with van der Waals surface area (Å²) in [5, 5.41) is 5.77. The van der Waals surface area contributed by atoms with E-state index >= 15 is 0 Å². The average Bonchev–Trinajstić information content (AvgIpc) is 2.82. The topological polar surface area (TPSA) is 104 Å². The van der Waals surface area contributed by atoms with E-state index in [1.54, 1.807) is 12.1 Å². The van der Waals surface area contributed by atoms with Crippen molar-refractivity contribution < 1.29 is 18.0 Å². The van der Waals surface area contributed by atoms with Gasteiger partial charge < -0.3 is 10.6 Å². The molecule has 3 N–H and O–H groups in total. The number of anilines is 1. The van der Waals surface area contributed by atoms with Crippen molar-refractivity contribution in [1.82, 2.24) is 10.0 Å². The predicted octanol–water partition coefficient (Wildman–Crippen LogP) is 2.08. The monoisotopic (exact) mass is 393 g/mol. The van der Waals surface area contributed by atoms with Crippen molar-refractivity contribution in [2.24, 2.45) is 0 Å². The second kappa shape index (κ2) is 8.84. The van der Waals surface area contributed by atoms with E-state index in [0.29, 0.717) is 24.9 Å². The minimum Gasteiger partial charge on any atom is -0.353 e. The second-order valence-electron chi connectivity index (χ2n) is 7.27. The van der Waals surface area contributed by atoms with Crippen LogP contribution in [0.4, 0.5) is 5.69 Å². The van der Waals surface area contributed by atoms with Crippen LogP contribution in [0.15, 0.2) is 23.1 Å². The zero-order chi connectivity index (χ0) is 19.3. The zero-order valence-corrected chi connectivity index (χ0v) is 16.2. The predicted molar refractivity (Wildman–Crippen MR) is 103 cm³/mol. The van der Waals surface area contributed by atoms with Crippen LogP contribution in [0.25, 0.3) is 0 Å². The van der Waals surface area contributed by atoms with Gasteiger partial charge >= 0.3 is 0 Å². The summed E-state index contributed by atoms with van der Waals surface area (Å²) in [6.07, 6.45) is 7.40. The van der Waals surface area contributed by atoms with Gasteiger partial charge in [-0.3, -0.25) is 9.59 Å². The van der Waals surface area contributed by atoms with Crippen molar-refractivity contribution in [3.63, 3.8) is 0 Å². The number of sulfonamides is 1. The number of carbonyl (C=O) groups excluding carboxylic acids is 2. The van der Waals surface area contributed by atoms with E-state index in [4.69, 9.17) is 0 Å². The number of amides is 2. The lowest BCUT2D eigenvalue weighted by atomic mass is 9.95. The van der Waals surface area contributed by atoms with Gasteiger partial charge in [-0.2, -0.15) is 0 Å². The Morgan fingerprint density at radius 3 is 2.67 bits per heavy atom. The number of aryl methyl sites for hydroxylation is 1. The number of rotatable bonds is 6. The second-order valence-corrected chi connectivity index (χ2v) is 9.04. The lowest BCUT2D eigenvalue weighted by molar-refractivity contribution is -0.121. The third kappa shape index (κ3) is 5.52. The molecule has 0 bridgehead atoms. The third-order valence-corrected chi connectivity index (χ3v) is 6.58. The molecule has 27 heavy (non-hydrogen) atoms. The molecule has 0 radical (unpaired) electrons. The Morgan fingerprint density at radius 1 is 1.11 bits per heavy atom. The Labute approximate surface area is 160 Å². The normalized spacial score (nSPS) is 18.3. The molecule has 2 amide bonds. The highest BCUT2D eigenvalue weighted by Crippen LogP contribution is 2.25. The molecule has 1 aromatic rings. The van der Waals surface area contributed by atoms with E-state index in [1.165, 1.54) is 12.5 Å². The van der Waals surface area contributed by atoms with Crippen molar-refractivity contribution in [3.8, 4) is 0 Å². The summed E-state index contributed by atoms with van der Waals surface area (Å²) in [7, 11) is -3.69. The van der Waals surface area contributed by atoms with E-state index < -0.39 is 10.0 Å². The molecule has 3 rings (SSSR count). The highest BCUT2D eigenvalue weighted by atomic mass is 32.2. The van der Waals surface area contributed by atoms with Gasteiger partial charge in [-0.25, -0.2) is 13.1 Å². The molecular weight excluding hydrogens is 366 g/mol. The number of nitrogens with one attached hydrogen (secondary N) is 3. The van der Waals surface area contributed by atoms with Crippen LogP contribution in [-0.2, 0) is 26.0 Å². The molecule has 8 heteroatoms. The quantitative estimate of drug-likeness (QED) is 0.688. The summed E-state index contributed by atoms with van der Waals surface area (Å²) >= 11 is 0. The summed E-state index contributed by atoms with van der Waals surface area (Å²) in [6, 6.07) is 4.94. The van der Waals surface area contributed by atoms with Crippen LogP contribution >= 0.6 is 0 Å². The molecule has 2 aliphatic rings. The maximum atomic E-state index is 12.5. The molecule has 1 aromatic carbocycles. The summed E-state index contributed by atoms with van der Waals surface area (Å²) in [5.41, 5.74) is 1.49. The molecule has 0 aromatic heterocycles. The minimum absolute atomic E-state index is 0.0496. The SMILES string of the molecule is O=C1CCCc2cc(S(=O)(=O)NCCC(=O)NC3CCCCC3)ccc2N1. The molecule has 7 nitrogen and oxygen atoms in total. The standard InChI is InChI=1S/C19H27N3O4S/c23-18-8-4-5-14-13-16(9-10-17(14)22-18)27(25,26)20-12-11-19(24)21-15-6-2-1-3-7-15/h9-10,13,15,20H,1-8,11-12H2,(H,21,24)(H,22,23). The minimum atomic E-state index is -3.69. The van der Waals surface area contributed by atoms with Crippen LogP contribution in [0.3, 0.4) is 0 Å². The Hall–Kier alpha value is -1.93. The number of hydrogen-bond donors (Lipinski definition) is 3. The molecule has 0 saturated heterocycles. The van der Waals surface area contributed by atoms with Crippen LogP contribution < -0.4 is 15.4 Å². The fourth-order valence-corrected chi connectivity index (χ4v) is 4.73. The van der Waals surface area contributed by atoms with Crippen LogP contribution in [0.1, 0.15) is 56.9 Å². The van der Waals surface area contributed by atoms with Crippen LogP contribution in [0, 0.1) is 0 Å². The maximum Gasteiger partial charge on any atom is 0.240 e. The van der Waals surface area contributed by atoms with E-state index in [2.05, 4.69) is 15.4 Å². The fraction of sp³-hybridized carbons (Fsp3) is 0.579. The van der Waals surface area contributed by atoms with Gasteiger partial charge in [0, 0.05) is 31.1 Å². The van der Waals surface area contributed by atoms with Gasteiger partial charge in [-0.1, -0.05) is 19.3 Å². The lowest BCUT2D eigenvalue weighted by Crippen LogP contribution is -2.38. The largest absolute Gasteiger partial charge is 0.353 e. The summed E-state index contributed by atoms with van der Waals surface area (Å²) in [6.45, 7) is 0.0642. The molecule has 0 spiro atoms. The van der Waals surface area contributed by atoms with Crippen molar-refractivity contribution in [3.05, 3.63) is 23.8 Å². The van der Waals surface area contributed by atoms with Crippen molar-refractivity contribution in [2.75, 3.05) is 11.9 Å². The van der Waals surface area contributed by atoms with Gasteiger partial charge in [-0.15, -0.1) is 0 Å². The Bertz CT molecular complexity index is 801. The van der Waals surface area contributed by atoms with Crippen LogP contribution in [0.5, 0.6) is 0 Å². The van der Waals surface area contributed by atoms with Gasteiger partial charge in [-0.05, 0) is 49.4 Å². The molecule has 0 atom stereocenters. The van der Waals surface area contributed by atoms with E-state index in [1.807, 2.05) is 0 Å². The first kappa shape index (κ1) is 19.8. The van der Waals surface area contributed by atoms with Gasteiger partial charge in [0.2, 0.25) is 21.8 Å². The van der Waals surface area contributed by atoms with E-state index in [-0.39, 0.29) is 35.7 Å². The first-order chi connectivity index (χ1) is 12.9. The Morgan fingerprint density at radius 2 is 1.89 bits per heavy atom. The van der Waals surface area contributed by atoms with Crippen molar-refractivity contribution in [2.45, 2.75) is 68.7 Å². The number of carbonyl (C=O) groups is 2. The maximum absolute atomic E-state index is 12.5. The Kier molecular flexibility index (Phi) is 6.49. The van der Waals surface area contributed by atoms with Crippen LogP contribution in [0.2, 0.25) is 0 Å². The van der Waals surface area contributed by atoms with Gasteiger partial charge in [0.25, 0.3) is 0 Å². The zero-order valence-electron chi connectivity index (χ0n) is 15.4. The number of fused-ring (bicyclic) bond motifs is 1. The highest BCUT2D eigenvalue weighted by molar-refractivity contribution is 7.89. The molecule has 1 heterocycles. The fourth-order valence-electron chi connectivity index (χ4n) is 3.65. The molecule has 1 aliphatic carbocycles. The summed E-state index contributed by atoms with van der Waals surface area (Å²) < 4.78 is 27.5. The third-order valence-electron chi connectivity index (χ3n) is 5.13. The lowest BCUT2D eigenvalue weighted by Gasteiger charge is -2.22. The summed E-state index contributed by atoms with van der Waals surface area (Å²) in [4.78, 5) is 23.8. The Balaban J connectivity index is 1.54. The number of hydrogen-bond acceptors (Lipinski definition) is 4. The molecule has 1 fully saturated rings. The molecule has 1 saturated carbocycles. The van der Waals surface area contributed by atoms with Crippen molar-refractivity contribution in [1.29, 1.82) is 0 Å². The molecule has 148 valence electrons. The van der Waals surface area contributed by atoms with Crippen LogP contribution in [-0.4, -0.2) is 32.8 Å².